The molecule has 0 radical (unpaired) electrons. The van der Waals surface area contributed by atoms with E-state index < -0.39 is 0 Å². The molecule has 2 N–H and O–H groups in total. The number of amides is 1. The lowest BCUT2D eigenvalue weighted by Crippen LogP contribution is -2.35. The van der Waals surface area contributed by atoms with Crippen LogP contribution >= 0.6 is 0 Å². The Hall–Kier alpha value is -1.42. The van der Waals surface area contributed by atoms with Crippen LogP contribution in [0.15, 0.2) is 24.3 Å². The molecular formula is C9H11FN2O. The van der Waals surface area contributed by atoms with Gasteiger partial charge in [-0.25, -0.2) is 9.82 Å². The van der Waals surface area contributed by atoms with Gasteiger partial charge >= 0.3 is 0 Å². The molecule has 70 valence electrons. The first-order valence-electron chi connectivity index (χ1n) is 3.92. The van der Waals surface area contributed by atoms with Crippen molar-refractivity contribution in [1.82, 2.24) is 10.9 Å². The molecule has 0 bridgehead atoms. The number of carbonyl (C=O) groups is 1. The minimum atomic E-state index is -0.324. The molecule has 0 aliphatic heterocycles. The van der Waals surface area contributed by atoms with Crippen LogP contribution in [0.4, 0.5) is 4.39 Å². The molecular weight excluding hydrogens is 171 g/mol. The van der Waals surface area contributed by atoms with Crippen molar-refractivity contribution in [1.29, 1.82) is 0 Å². The highest BCUT2D eigenvalue weighted by Gasteiger charge is 2.01. The number of hydrazine groups is 1. The van der Waals surface area contributed by atoms with Crippen LogP contribution in [-0.2, 0) is 11.2 Å². The normalized spacial score (nSPS) is 9.69. The molecule has 13 heavy (non-hydrogen) atoms. The maximum Gasteiger partial charge on any atom is 0.238 e. The number of carbonyl (C=O) groups excluding carboxylic acids is 1. The average molecular weight is 182 g/mol. The molecule has 1 amide bonds. The summed E-state index contributed by atoms with van der Waals surface area (Å²) >= 11 is 0. The number of hydrogen-bond acceptors (Lipinski definition) is 2. The average Bonchev–Trinajstić information content (AvgIpc) is 2.04. The van der Waals surface area contributed by atoms with Crippen LogP contribution in [0, 0.1) is 5.82 Å². The van der Waals surface area contributed by atoms with Gasteiger partial charge in [-0.3, -0.25) is 10.2 Å². The maximum absolute atomic E-state index is 12.7. The summed E-state index contributed by atoms with van der Waals surface area (Å²) < 4.78 is 12.7. The molecule has 0 aromatic heterocycles. The fourth-order valence-corrected chi connectivity index (χ4v) is 1.02. The first kappa shape index (κ1) is 9.67. The number of nitrogens with one attached hydrogen (secondary N) is 2. The Bertz CT molecular complexity index is 301. The SMILES string of the molecule is CNNC(=O)Cc1cccc(F)c1. The minimum absolute atomic E-state index is 0.179. The Kier molecular flexibility index (Phi) is 3.40. The molecule has 0 atom stereocenters. The van der Waals surface area contributed by atoms with Gasteiger partial charge in [-0.05, 0) is 17.7 Å². The first-order valence-corrected chi connectivity index (χ1v) is 3.92. The molecule has 0 saturated heterocycles. The predicted octanol–water partition coefficient (Wildman–Crippen LogP) is 0.619. The summed E-state index contributed by atoms with van der Waals surface area (Å²) in [5.74, 6) is -0.511. The zero-order valence-corrected chi connectivity index (χ0v) is 7.30. The lowest BCUT2D eigenvalue weighted by Gasteiger charge is -2.02. The van der Waals surface area contributed by atoms with E-state index in [9.17, 15) is 9.18 Å². The fraction of sp³-hybridized carbons (Fsp3) is 0.222. The highest BCUT2D eigenvalue weighted by atomic mass is 19.1. The maximum atomic E-state index is 12.7. The molecule has 0 heterocycles. The molecule has 0 unspecified atom stereocenters. The van der Waals surface area contributed by atoms with E-state index in [1.54, 1.807) is 19.2 Å². The molecule has 0 aliphatic carbocycles. The molecule has 1 aromatic rings. The number of rotatable bonds is 3. The van der Waals surface area contributed by atoms with Gasteiger partial charge in [0.05, 0.1) is 6.42 Å². The van der Waals surface area contributed by atoms with Gasteiger partial charge in [0, 0.05) is 7.05 Å². The summed E-state index contributed by atoms with van der Waals surface area (Å²) in [4.78, 5) is 11.0. The summed E-state index contributed by atoms with van der Waals surface area (Å²) in [6, 6.07) is 5.98. The summed E-state index contributed by atoms with van der Waals surface area (Å²) in [5.41, 5.74) is 5.57. The smallest absolute Gasteiger partial charge is 0.238 e. The van der Waals surface area contributed by atoms with Gasteiger partial charge in [-0.1, -0.05) is 12.1 Å². The molecule has 0 saturated carbocycles. The number of halogens is 1. The van der Waals surface area contributed by atoms with Crippen molar-refractivity contribution in [2.24, 2.45) is 0 Å². The van der Waals surface area contributed by atoms with Crippen molar-refractivity contribution in [3.05, 3.63) is 35.6 Å². The topological polar surface area (TPSA) is 41.1 Å². The highest BCUT2D eigenvalue weighted by Crippen LogP contribution is 2.03. The van der Waals surface area contributed by atoms with Crippen molar-refractivity contribution in [3.63, 3.8) is 0 Å². The van der Waals surface area contributed by atoms with Crippen LogP contribution in [-0.4, -0.2) is 13.0 Å². The second-order valence-electron chi connectivity index (χ2n) is 2.60. The van der Waals surface area contributed by atoms with Crippen LogP contribution in [0.5, 0.6) is 0 Å². The van der Waals surface area contributed by atoms with E-state index in [2.05, 4.69) is 10.9 Å². The number of benzene rings is 1. The van der Waals surface area contributed by atoms with Gasteiger partial charge in [0.25, 0.3) is 0 Å². The minimum Gasteiger partial charge on any atom is -0.292 e. The second kappa shape index (κ2) is 4.57. The largest absolute Gasteiger partial charge is 0.292 e. The van der Waals surface area contributed by atoms with Crippen molar-refractivity contribution < 1.29 is 9.18 Å². The van der Waals surface area contributed by atoms with Crippen LogP contribution < -0.4 is 10.9 Å². The Labute approximate surface area is 75.9 Å². The van der Waals surface area contributed by atoms with Crippen LogP contribution in [0.25, 0.3) is 0 Å². The molecule has 0 spiro atoms. The van der Waals surface area contributed by atoms with Gasteiger partial charge < -0.3 is 0 Å². The van der Waals surface area contributed by atoms with Crippen LogP contribution in [0.3, 0.4) is 0 Å². The molecule has 1 rings (SSSR count). The van der Waals surface area contributed by atoms with Gasteiger partial charge in [-0.15, -0.1) is 0 Å². The standard InChI is InChI=1S/C9H11FN2O/c1-11-12-9(13)6-7-3-2-4-8(10)5-7/h2-5,11H,6H2,1H3,(H,12,13). The van der Waals surface area contributed by atoms with E-state index in [1.165, 1.54) is 12.1 Å². The van der Waals surface area contributed by atoms with Crippen LogP contribution in [0.2, 0.25) is 0 Å². The Balaban J connectivity index is 2.58. The summed E-state index contributed by atoms with van der Waals surface area (Å²) in [6.45, 7) is 0. The lowest BCUT2D eigenvalue weighted by molar-refractivity contribution is -0.121. The third-order valence-electron chi connectivity index (χ3n) is 1.52. The van der Waals surface area contributed by atoms with Gasteiger partial charge in [0.2, 0.25) is 5.91 Å². The molecule has 1 aromatic carbocycles. The summed E-state index contributed by atoms with van der Waals surface area (Å²) in [5, 5.41) is 0. The molecule has 3 nitrogen and oxygen atoms in total. The van der Waals surface area contributed by atoms with Crippen molar-refractivity contribution in [2.75, 3.05) is 7.05 Å². The van der Waals surface area contributed by atoms with E-state index in [0.717, 1.165) is 0 Å². The quantitative estimate of drug-likeness (QED) is 0.673. The fourth-order valence-electron chi connectivity index (χ4n) is 1.02. The van der Waals surface area contributed by atoms with Crippen LogP contribution in [0.1, 0.15) is 5.56 Å². The van der Waals surface area contributed by atoms with E-state index in [0.29, 0.717) is 5.56 Å². The predicted molar refractivity (Wildman–Crippen MR) is 47.3 cm³/mol. The zero-order valence-electron chi connectivity index (χ0n) is 7.30. The van der Waals surface area contributed by atoms with E-state index in [-0.39, 0.29) is 18.1 Å². The lowest BCUT2D eigenvalue weighted by atomic mass is 10.1. The summed E-state index contributed by atoms with van der Waals surface area (Å²) in [7, 11) is 1.60. The zero-order chi connectivity index (χ0) is 9.68. The summed E-state index contributed by atoms with van der Waals surface area (Å²) in [6.07, 6.45) is 0.179. The van der Waals surface area contributed by atoms with E-state index in [1.807, 2.05) is 0 Å². The Morgan fingerprint density at radius 3 is 2.92 bits per heavy atom. The third-order valence-corrected chi connectivity index (χ3v) is 1.52. The molecule has 4 heteroatoms. The Morgan fingerprint density at radius 1 is 1.54 bits per heavy atom. The van der Waals surface area contributed by atoms with Gasteiger partial charge in [0.15, 0.2) is 0 Å². The van der Waals surface area contributed by atoms with Crippen molar-refractivity contribution in [3.8, 4) is 0 Å². The number of hydrogen-bond donors (Lipinski definition) is 2. The van der Waals surface area contributed by atoms with Crippen molar-refractivity contribution >= 4 is 5.91 Å². The molecule has 0 aliphatic rings. The van der Waals surface area contributed by atoms with Crippen molar-refractivity contribution in [2.45, 2.75) is 6.42 Å². The third kappa shape index (κ3) is 3.21. The Morgan fingerprint density at radius 2 is 2.31 bits per heavy atom. The van der Waals surface area contributed by atoms with Gasteiger partial charge in [0.1, 0.15) is 5.82 Å². The highest BCUT2D eigenvalue weighted by molar-refractivity contribution is 5.77. The second-order valence-corrected chi connectivity index (χ2v) is 2.60. The van der Waals surface area contributed by atoms with Gasteiger partial charge in [-0.2, -0.15) is 0 Å². The molecule has 0 fully saturated rings. The van der Waals surface area contributed by atoms with E-state index in [4.69, 9.17) is 0 Å². The first-order chi connectivity index (χ1) is 6.22. The monoisotopic (exact) mass is 182 g/mol. The van der Waals surface area contributed by atoms with E-state index >= 15 is 0 Å².